The normalized spacial score (nSPS) is 11.1. The van der Waals surface area contributed by atoms with Crippen LogP contribution < -0.4 is 16.0 Å². The van der Waals surface area contributed by atoms with Crippen molar-refractivity contribution in [2.45, 2.75) is 18.7 Å². The van der Waals surface area contributed by atoms with E-state index in [0.29, 0.717) is 16.4 Å². The van der Waals surface area contributed by atoms with Crippen molar-refractivity contribution in [1.29, 1.82) is 0 Å². The Kier molecular flexibility index (Phi) is 9.02. The largest absolute Gasteiger partial charge is 0.321 e. The molecule has 0 unspecified atom stereocenters. The maximum atomic E-state index is 13.3. The number of nitrogens with zero attached hydrogens (tertiary/aromatic N) is 2. The number of anilines is 2. The summed E-state index contributed by atoms with van der Waals surface area (Å²) in [4.78, 5) is 39.2. The minimum absolute atomic E-state index is 0.109. The molecule has 0 aliphatic rings. The van der Waals surface area contributed by atoms with Gasteiger partial charge in [-0.2, -0.15) is 0 Å². The molecule has 0 atom stereocenters. The van der Waals surface area contributed by atoms with Crippen LogP contribution in [0.1, 0.15) is 26.5 Å². The quantitative estimate of drug-likeness (QED) is 0.195. The first-order chi connectivity index (χ1) is 18.4. The maximum absolute atomic E-state index is 13.3. The van der Waals surface area contributed by atoms with Crippen molar-refractivity contribution in [3.63, 3.8) is 0 Å². The summed E-state index contributed by atoms with van der Waals surface area (Å²) in [5.74, 6) is -0.889. The summed E-state index contributed by atoms with van der Waals surface area (Å²) in [6.07, 6.45) is 1.66. The van der Waals surface area contributed by atoms with Crippen LogP contribution in [0.3, 0.4) is 0 Å². The van der Waals surface area contributed by atoms with Crippen LogP contribution in [-0.2, 0) is 9.59 Å². The molecule has 0 bridgehead atoms. The van der Waals surface area contributed by atoms with E-state index in [1.165, 1.54) is 23.1 Å². The number of amides is 3. The molecular weight excluding hydrogens is 518 g/mol. The lowest BCUT2D eigenvalue weighted by atomic mass is 10.1. The Hall–Kier alpha value is -4.28. The molecule has 0 saturated carbocycles. The lowest BCUT2D eigenvalue weighted by Gasteiger charge is -2.13. The van der Waals surface area contributed by atoms with Crippen LogP contribution in [0.2, 0.25) is 0 Å². The minimum atomic E-state index is -0.468. The smallest absolute Gasteiger partial charge is 0.272 e. The van der Waals surface area contributed by atoms with E-state index in [1.807, 2.05) is 50.2 Å². The summed E-state index contributed by atoms with van der Waals surface area (Å²) in [5, 5.41) is 17.3. The molecule has 0 aliphatic carbocycles. The number of hydrogen-bond donors (Lipinski definition) is 3. The summed E-state index contributed by atoms with van der Waals surface area (Å²) >= 11 is 2.63. The summed E-state index contributed by atoms with van der Waals surface area (Å²) in [6, 6.07) is 23.5. The number of aromatic nitrogens is 2. The van der Waals surface area contributed by atoms with Crippen LogP contribution in [-0.4, -0.2) is 33.7 Å². The SMILES string of the molecule is Cc1nnc(NC(=O)CSc2cccc(NC(=O)/C(=C/c3ccccc3C)NC(=O)c3ccccc3)c2)s1. The summed E-state index contributed by atoms with van der Waals surface area (Å²) in [7, 11) is 0. The monoisotopic (exact) mass is 543 g/mol. The molecule has 4 rings (SSSR count). The lowest BCUT2D eigenvalue weighted by Crippen LogP contribution is -2.30. The van der Waals surface area contributed by atoms with Gasteiger partial charge < -0.3 is 10.6 Å². The van der Waals surface area contributed by atoms with Crippen LogP contribution in [0.25, 0.3) is 6.08 Å². The zero-order valence-corrected chi connectivity index (χ0v) is 22.4. The number of thioether (sulfide) groups is 1. The molecule has 4 aromatic rings. The van der Waals surface area contributed by atoms with Gasteiger partial charge in [-0.1, -0.05) is 59.9 Å². The van der Waals surface area contributed by atoms with E-state index in [4.69, 9.17) is 0 Å². The van der Waals surface area contributed by atoms with Crippen molar-refractivity contribution in [3.8, 4) is 0 Å². The molecule has 1 aromatic heterocycles. The molecule has 38 heavy (non-hydrogen) atoms. The molecule has 0 radical (unpaired) electrons. The third kappa shape index (κ3) is 7.61. The highest BCUT2D eigenvalue weighted by atomic mass is 32.2. The molecule has 1 heterocycles. The van der Waals surface area contributed by atoms with Gasteiger partial charge in [0, 0.05) is 16.1 Å². The van der Waals surface area contributed by atoms with Gasteiger partial charge in [0.2, 0.25) is 11.0 Å². The first-order valence-corrected chi connectivity index (χ1v) is 13.5. The molecule has 0 saturated heterocycles. The molecule has 0 fully saturated rings. The minimum Gasteiger partial charge on any atom is -0.321 e. The first-order valence-electron chi connectivity index (χ1n) is 11.7. The first kappa shape index (κ1) is 26.8. The second-order valence-corrected chi connectivity index (χ2v) is 10.4. The molecule has 10 heteroatoms. The van der Waals surface area contributed by atoms with Crippen LogP contribution in [0.4, 0.5) is 10.8 Å². The van der Waals surface area contributed by atoms with Gasteiger partial charge in [-0.05, 0) is 61.4 Å². The van der Waals surface area contributed by atoms with Crippen LogP contribution in [0.15, 0.2) is 89.5 Å². The summed E-state index contributed by atoms with van der Waals surface area (Å²) in [5.41, 5.74) is 2.86. The molecular formula is C28H25N5O3S2. The van der Waals surface area contributed by atoms with E-state index in [9.17, 15) is 14.4 Å². The van der Waals surface area contributed by atoms with Crippen molar-refractivity contribution in [2.24, 2.45) is 0 Å². The van der Waals surface area contributed by atoms with Gasteiger partial charge in [-0.15, -0.1) is 22.0 Å². The number of rotatable bonds is 9. The van der Waals surface area contributed by atoms with E-state index in [0.717, 1.165) is 21.0 Å². The Morgan fingerprint density at radius 3 is 2.39 bits per heavy atom. The predicted molar refractivity (Wildman–Crippen MR) is 152 cm³/mol. The predicted octanol–water partition coefficient (Wildman–Crippen LogP) is 5.30. The summed E-state index contributed by atoms with van der Waals surface area (Å²) < 4.78 is 0. The van der Waals surface area contributed by atoms with Crippen molar-refractivity contribution < 1.29 is 14.4 Å². The highest BCUT2D eigenvalue weighted by Crippen LogP contribution is 2.23. The molecule has 192 valence electrons. The second kappa shape index (κ2) is 12.8. The highest BCUT2D eigenvalue weighted by molar-refractivity contribution is 8.00. The van der Waals surface area contributed by atoms with Gasteiger partial charge >= 0.3 is 0 Å². The molecule has 0 spiro atoms. The van der Waals surface area contributed by atoms with Gasteiger partial charge in [0.1, 0.15) is 10.7 Å². The van der Waals surface area contributed by atoms with Crippen LogP contribution >= 0.6 is 23.1 Å². The topological polar surface area (TPSA) is 113 Å². The van der Waals surface area contributed by atoms with Gasteiger partial charge in [0.05, 0.1) is 5.75 Å². The van der Waals surface area contributed by atoms with Crippen molar-refractivity contribution in [3.05, 3.63) is 106 Å². The Balaban J connectivity index is 1.46. The molecule has 3 aromatic carbocycles. The Bertz CT molecular complexity index is 1480. The Morgan fingerprint density at radius 2 is 1.66 bits per heavy atom. The van der Waals surface area contributed by atoms with Gasteiger partial charge in [0.15, 0.2) is 0 Å². The van der Waals surface area contributed by atoms with Crippen LogP contribution in [0, 0.1) is 13.8 Å². The molecule has 3 N–H and O–H groups in total. The second-order valence-electron chi connectivity index (χ2n) is 8.18. The van der Waals surface area contributed by atoms with Gasteiger partial charge in [-0.25, -0.2) is 0 Å². The summed E-state index contributed by atoms with van der Waals surface area (Å²) in [6.45, 7) is 3.75. The molecule has 3 amide bonds. The van der Waals surface area contributed by atoms with Crippen molar-refractivity contribution >= 4 is 57.7 Å². The number of carbonyl (C=O) groups is 3. The number of benzene rings is 3. The average Bonchev–Trinajstić information content (AvgIpc) is 3.33. The Morgan fingerprint density at radius 1 is 0.895 bits per heavy atom. The number of hydrogen-bond acceptors (Lipinski definition) is 7. The Labute approximate surface area is 228 Å². The van der Waals surface area contributed by atoms with Gasteiger partial charge in [-0.3, -0.25) is 19.7 Å². The van der Waals surface area contributed by atoms with Crippen molar-refractivity contribution in [1.82, 2.24) is 15.5 Å². The maximum Gasteiger partial charge on any atom is 0.272 e. The van der Waals surface area contributed by atoms with E-state index in [2.05, 4.69) is 26.1 Å². The number of nitrogens with one attached hydrogen (secondary N) is 3. The van der Waals surface area contributed by atoms with Gasteiger partial charge in [0.25, 0.3) is 11.8 Å². The third-order valence-corrected chi connectivity index (χ3v) is 7.00. The molecule has 8 nitrogen and oxygen atoms in total. The van der Waals surface area contributed by atoms with E-state index >= 15 is 0 Å². The fraction of sp³-hybridized carbons (Fsp3) is 0.107. The lowest BCUT2D eigenvalue weighted by molar-refractivity contribution is -0.114. The third-order valence-electron chi connectivity index (χ3n) is 5.25. The molecule has 0 aliphatic heterocycles. The number of aryl methyl sites for hydroxylation is 2. The van der Waals surface area contributed by atoms with E-state index < -0.39 is 5.91 Å². The van der Waals surface area contributed by atoms with E-state index in [1.54, 1.807) is 48.5 Å². The van der Waals surface area contributed by atoms with E-state index in [-0.39, 0.29) is 23.3 Å². The fourth-order valence-electron chi connectivity index (χ4n) is 3.36. The zero-order chi connectivity index (χ0) is 26.9. The zero-order valence-electron chi connectivity index (χ0n) is 20.7. The standard InChI is InChI=1S/C28H25N5O3S2/c1-18-9-6-7-12-21(18)15-24(30-26(35)20-10-4-3-5-11-20)27(36)29-22-13-8-14-23(16-22)37-17-25(34)31-28-33-32-19(2)38-28/h3-16H,17H2,1-2H3,(H,29,36)(H,30,35)(H,31,33,34)/b24-15-. The van der Waals surface area contributed by atoms with Crippen molar-refractivity contribution in [2.75, 3.05) is 16.4 Å². The fourth-order valence-corrected chi connectivity index (χ4v) is 4.72. The van der Waals surface area contributed by atoms with Crippen LogP contribution in [0.5, 0.6) is 0 Å². The highest BCUT2D eigenvalue weighted by Gasteiger charge is 2.16. The average molecular weight is 544 g/mol. The number of carbonyl (C=O) groups excluding carboxylic acids is 3.